The van der Waals surface area contributed by atoms with Gasteiger partial charge < -0.3 is 10.1 Å². The fourth-order valence-corrected chi connectivity index (χ4v) is 1.38. The van der Waals surface area contributed by atoms with E-state index in [0.29, 0.717) is 38.1 Å². The van der Waals surface area contributed by atoms with Gasteiger partial charge in [0, 0.05) is 19.0 Å². The van der Waals surface area contributed by atoms with Gasteiger partial charge in [-0.3, -0.25) is 4.79 Å². The van der Waals surface area contributed by atoms with E-state index in [0.717, 1.165) is 5.69 Å². The highest BCUT2D eigenvalue weighted by atomic mass is 16.5. The van der Waals surface area contributed by atoms with Crippen molar-refractivity contribution >= 4 is 5.91 Å². The zero-order valence-corrected chi connectivity index (χ0v) is 12.2. The van der Waals surface area contributed by atoms with Crippen molar-refractivity contribution in [3.05, 3.63) is 11.9 Å². The third kappa shape index (κ3) is 6.33. The molecule has 1 aromatic heterocycles. The molecule has 108 valence electrons. The van der Waals surface area contributed by atoms with E-state index in [4.69, 9.17) is 4.74 Å². The lowest BCUT2D eigenvalue weighted by atomic mass is 10.2. The summed E-state index contributed by atoms with van der Waals surface area (Å²) in [5.74, 6) is 0.496. The molecular formula is C13H24N4O2. The summed E-state index contributed by atoms with van der Waals surface area (Å²) in [5, 5.41) is 10.8. The Labute approximate surface area is 114 Å². The van der Waals surface area contributed by atoms with Gasteiger partial charge in [0.1, 0.15) is 5.69 Å². The van der Waals surface area contributed by atoms with Crippen molar-refractivity contribution in [1.82, 2.24) is 20.3 Å². The van der Waals surface area contributed by atoms with Gasteiger partial charge in [0.05, 0.1) is 19.4 Å². The van der Waals surface area contributed by atoms with Crippen LogP contribution < -0.4 is 5.32 Å². The molecule has 0 aliphatic heterocycles. The molecule has 0 fully saturated rings. The monoisotopic (exact) mass is 268 g/mol. The maximum atomic E-state index is 11.4. The van der Waals surface area contributed by atoms with Gasteiger partial charge in [-0.25, -0.2) is 4.68 Å². The Hall–Kier alpha value is -1.43. The standard InChI is InChI=1S/C13H24N4O2/c1-10(2)7-14-13(18)5-6-19-9-12-8-17(11(3)4)16-15-12/h8,10-11H,5-7,9H2,1-4H3,(H,14,18). The van der Waals surface area contributed by atoms with Crippen LogP contribution in [0.3, 0.4) is 0 Å². The molecule has 1 amide bonds. The Bertz CT molecular complexity index is 388. The SMILES string of the molecule is CC(C)CNC(=O)CCOCc1cn(C(C)C)nn1. The molecule has 0 unspecified atom stereocenters. The van der Waals surface area contributed by atoms with E-state index in [-0.39, 0.29) is 5.91 Å². The first kappa shape index (κ1) is 15.6. The number of carbonyl (C=O) groups is 1. The normalized spacial score (nSPS) is 11.3. The molecule has 0 aromatic carbocycles. The first-order valence-electron chi connectivity index (χ1n) is 6.74. The minimum Gasteiger partial charge on any atom is -0.374 e. The second-order valence-electron chi connectivity index (χ2n) is 5.28. The van der Waals surface area contributed by atoms with Crippen molar-refractivity contribution in [3.8, 4) is 0 Å². The van der Waals surface area contributed by atoms with Gasteiger partial charge in [-0.05, 0) is 19.8 Å². The smallest absolute Gasteiger partial charge is 0.222 e. The van der Waals surface area contributed by atoms with Crippen LogP contribution >= 0.6 is 0 Å². The quantitative estimate of drug-likeness (QED) is 0.726. The van der Waals surface area contributed by atoms with Gasteiger partial charge in [-0.1, -0.05) is 19.1 Å². The number of rotatable bonds is 8. The van der Waals surface area contributed by atoms with E-state index in [1.54, 1.807) is 4.68 Å². The number of amides is 1. The van der Waals surface area contributed by atoms with E-state index in [2.05, 4.69) is 29.5 Å². The predicted octanol–water partition coefficient (Wildman–Crippen LogP) is 1.54. The Morgan fingerprint density at radius 3 is 2.74 bits per heavy atom. The van der Waals surface area contributed by atoms with Gasteiger partial charge in [-0.15, -0.1) is 5.10 Å². The molecule has 0 spiro atoms. The Kier molecular flexibility index (Phi) is 6.49. The van der Waals surface area contributed by atoms with Crippen molar-refractivity contribution in [2.45, 2.75) is 46.8 Å². The van der Waals surface area contributed by atoms with Crippen LogP contribution in [0.25, 0.3) is 0 Å². The third-order valence-electron chi connectivity index (χ3n) is 2.52. The minimum atomic E-state index is 0.0273. The van der Waals surface area contributed by atoms with Crippen LogP contribution in [0, 0.1) is 5.92 Å². The predicted molar refractivity (Wildman–Crippen MR) is 72.5 cm³/mol. The number of carbonyl (C=O) groups excluding carboxylic acids is 1. The number of hydrogen-bond donors (Lipinski definition) is 1. The van der Waals surface area contributed by atoms with E-state index >= 15 is 0 Å². The second-order valence-corrected chi connectivity index (χ2v) is 5.28. The van der Waals surface area contributed by atoms with Gasteiger partial charge in [0.15, 0.2) is 0 Å². The summed E-state index contributed by atoms with van der Waals surface area (Å²) < 4.78 is 7.20. The molecule has 1 aromatic rings. The summed E-state index contributed by atoms with van der Waals surface area (Å²) in [7, 11) is 0. The first-order chi connectivity index (χ1) is 8.99. The summed E-state index contributed by atoms with van der Waals surface area (Å²) in [6, 6.07) is 0.295. The first-order valence-corrected chi connectivity index (χ1v) is 6.74. The maximum Gasteiger partial charge on any atom is 0.222 e. The van der Waals surface area contributed by atoms with Crippen molar-refractivity contribution in [2.24, 2.45) is 5.92 Å². The van der Waals surface area contributed by atoms with E-state index in [1.807, 2.05) is 20.0 Å². The Balaban J connectivity index is 2.14. The molecule has 0 saturated heterocycles. The van der Waals surface area contributed by atoms with Crippen LogP contribution in [-0.4, -0.2) is 34.1 Å². The van der Waals surface area contributed by atoms with Crippen LogP contribution in [0.5, 0.6) is 0 Å². The highest BCUT2D eigenvalue weighted by Gasteiger charge is 2.05. The van der Waals surface area contributed by atoms with Gasteiger partial charge in [0.25, 0.3) is 0 Å². The molecule has 6 heteroatoms. The number of nitrogens with one attached hydrogen (secondary N) is 1. The molecule has 0 aliphatic carbocycles. The fraction of sp³-hybridized carbons (Fsp3) is 0.769. The molecule has 1 heterocycles. The van der Waals surface area contributed by atoms with Gasteiger partial charge in [0.2, 0.25) is 5.91 Å². The molecule has 0 aliphatic rings. The van der Waals surface area contributed by atoms with Crippen molar-refractivity contribution in [2.75, 3.05) is 13.2 Å². The Morgan fingerprint density at radius 2 is 2.16 bits per heavy atom. The molecule has 0 atom stereocenters. The topological polar surface area (TPSA) is 69.0 Å². The van der Waals surface area contributed by atoms with E-state index in [1.165, 1.54) is 0 Å². The molecule has 6 nitrogen and oxygen atoms in total. The molecule has 19 heavy (non-hydrogen) atoms. The van der Waals surface area contributed by atoms with Crippen LogP contribution in [0.15, 0.2) is 6.20 Å². The molecular weight excluding hydrogens is 244 g/mol. The molecule has 1 rings (SSSR count). The highest BCUT2D eigenvalue weighted by Crippen LogP contribution is 2.03. The summed E-state index contributed by atoms with van der Waals surface area (Å²) in [6.07, 6.45) is 2.24. The maximum absolute atomic E-state index is 11.4. The van der Waals surface area contributed by atoms with Crippen LogP contribution in [-0.2, 0) is 16.1 Å². The Morgan fingerprint density at radius 1 is 1.42 bits per heavy atom. The summed E-state index contributed by atoms with van der Waals surface area (Å²) in [5.41, 5.74) is 0.788. The van der Waals surface area contributed by atoms with Crippen LogP contribution in [0.1, 0.15) is 45.9 Å². The van der Waals surface area contributed by atoms with E-state index in [9.17, 15) is 4.79 Å². The van der Waals surface area contributed by atoms with Crippen molar-refractivity contribution < 1.29 is 9.53 Å². The molecule has 0 bridgehead atoms. The van der Waals surface area contributed by atoms with Crippen molar-refractivity contribution in [3.63, 3.8) is 0 Å². The zero-order chi connectivity index (χ0) is 14.3. The van der Waals surface area contributed by atoms with Gasteiger partial charge in [-0.2, -0.15) is 0 Å². The van der Waals surface area contributed by atoms with Crippen molar-refractivity contribution in [1.29, 1.82) is 0 Å². The number of aromatic nitrogens is 3. The number of nitrogens with zero attached hydrogens (tertiary/aromatic N) is 3. The van der Waals surface area contributed by atoms with Crippen LogP contribution in [0.4, 0.5) is 0 Å². The lowest BCUT2D eigenvalue weighted by molar-refractivity contribution is -0.122. The molecule has 1 N–H and O–H groups in total. The lowest BCUT2D eigenvalue weighted by Gasteiger charge is -2.07. The fourth-order valence-electron chi connectivity index (χ4n) is 1.38. The van der Waals surface area contributed by atoms with Gasteiger partial charge >= 0.3 is 0 Å². The average Bonchev–Trinajstić information content (AvgIpc) is 2.81. The van der Waals surface area contributed by atoms with E-state index < -0.39 is 0 Å². The second kappa shape index (κ2) is 7.89. The number of ether oxygens (including phenoxy) is 1. The average molecular weight is 268 g/mol. The summed E-state index contributed by atoms with van der Waals surface area (Å²) in [4.78, 5) is 11.4. The molecule has 0 saturated carbocycles. The lowest BCUT2D eigenvalue weighted by Crippen LogP contribution is -2.28. The molecule has 0 radical (unpaired) electrons. The van der Waals surface area contributed by atoms with Crippen LogP contribution in [0.2, 0.25) is 0 Å². The number of hydrogen-bond acceptors (Lipinski definition) is 4. The highest BCUT2D eigenvalue weighted by molar-refractivity contribution is 5.75. The summed E-state index contributed by atoms with van der Waals surface area (Å²) in [6.45, 7) is 9.71. The zero-order valence-electron chi connectivity index (χ0n) is 12.2. The minimum absolute atomic E-state index is 0.0273. The summed E-state index contributed by atoms with van der Waals surface area (Å²) >= 11 is 0. The third-order valence-corrected chi connectivity index (χ3v) is 2.52. The largest absolute Gasteiger partial charge is 0.374 e.